The SMILES string of the molecule is Cc1nc(N[C@@H](CNC(=O)OC(C)(C)C)Cn2cccn2)c(F)cc1C#N. The summed E-state index contributed by atoms with van der Waals surface area (Å²) in [4.78, 5) is 16.0. The van der Waals surface area contributed by atoms with Gasteiger partial charge in [0.05, 0.1) is 23.8 Å². The zero-order valence-electron chi connectivity index (χ0n) is 15.8. The molecule has 0 saturated carbocycles. The molecule has 0 aliphatic rings. The Morgan fingerprint density at radius 3 is 2.81 bits per heavy atom. The summed E-state index contributed by atoms with van der Waals surface area (Å²) in [6.45, 7) is 7.46. The second kappa shape index (κ2) is 8.49. The number of rotatable bonds is 6. The maximum Gasteiger partial charge on any atom is 0.407 e. The van der Waals surface area contributed by atoms with Gasteiger partial charge in [-0.05, 0) is 39.8 Å². The Morgan fingerprint density at radius 2 is 2.22 bits per heavy atom. The molecule has 2 aromatic heterocycles. The van der Waals surface area contributed by atoms with Crippen molar-refractivity contribution in [2.24, 2.45) is 0 Å². The third kappa shape index (κ3) is 6.26. The monoisotopic (exact) mass is 374 g/mol. The Labute approximate surface area is 157 Å². The van der Waals surface area contributed by atoms with Crippen LogP contribution < -0.4 is 10.6 Å². The number of nitriles is 1. The third-order valence-electron chi connectivity index (χ3n) is 3.49. The molecule has 1 amide bonds. The van der Waals surface area contributed by atoms with Crippen LogP contribution >= 0.6 is 0 Å². The lowest BCUT2D eigenvalue weighted by atomic mass is 10.2. The first-order valence-corrected chi connectivity index (χ1v) is 8.46. The highest BCUT2D eigenvalue weighted by Gasteiger charge is 2.19. The number of aryl methyl sites for hydroxylation is 1. The van der Waals surface area contributed by atoms with E-state index in [1.807, 2.05) is 6.07 Å². The summed E-state index contributed by atoms with van der Waals surface area (Å²) >= 11 is 0. The van der Waals surface area contributed by atoms with Gasteiger partial charge in [-0.15, -0.1) is 0 Å². The molecule has 2 N–H and O–H groups in total. The topological polar surface area (TPSA) is 105 Å². The number of nitrogens with zero attached hydrogens (tertiary/aromatic N) is 4. The van der Waals surface area contributed by atoms with Crippen LogP contribution in [0, 0.1) is 24.1 Å². The van der Waals surface area contributed by atoms with E-state index in [0.717, 1.165) is 6.07 Å². The predicted octanol–water partition coefficient (Wildman–Crippen LogP) is 2.60. The van der Waals surface area contributed by atoms with Crippen LogP contribution in [0.3, 0.4) is 0 Å². The molecule has 144 valence electrons. The second-order valence-electron chi connectivity index (χ2n) is 7.02. The van der Waals surface area contributed by atoms with Gasteiger partial charge in [-0.25, -0.2) is 14.2 Å². The number of pyridine rings is 1. The van der Waals surface area contributed by atoms with E-state index in [4.69, 9.17) is 10.00 Å². The maximum absolute atomic E-state index is 14.3. The van der Waals surface area contributed by atoms with Crippen LogP contribution in [0.15, 0.2) is 24.5 Å². The van der Waals surface area contributed by atoms with Crippen molar-refractivity contribution < 1.29 is 13.9 Å². The van der Waals surface area contributed by atoms with Gasteiger partial charge in [0.15, 0.2) is 11.6 Å². The zero-order chi connectivity index (χ0) is 20.0. The minimum Gasteiger partial charge on any atom is -0.444 e. The molecule has 0 aliphatic carbocycles. The van der Waals surface area contributed by atoms with Crippen molar-refractivity contribution in [3.63, 3.8) is 0 Å². The van der Waals surface area contributed by atoms with E-state index in [2.05, 4.69) is 20.7 Å². The molecule has 8 nitrogen and oxygen atoms in total. The Balaban J connectivity index is 2.12. The number of alkyl carbamates (subject to hydrolysis) is 1. The fourth-order valence-corrected chi connectivity index (χ4v) is 2.30. The van der Waals surface area contributed by atoms with Crippen molar-refractivity contribution in [3.05, 3.63) is 41.6 Å². The minimum absolute atomic E-state index is 0.00893. The molecule has 0 aromatic carbocycles. The molecular formula is C18H23FN6O2. The summed E-state index contributed by atoms with van der Waals surface area (Å²) < 4.78 is 21.1. The second-order valence-corrected chi connectivity index (χ2v) is 7.02. The zero-order valence-corrected chi connectivity index (χ0v) is 15.8. The van der Waals surface area contributed by atoms with E-state index in [-0.39, 0.29) is 17.9 Å². The first-order valence-electron chi connectivity index (χ1n) is 8.46. The first kappa shape index (κ1) is 20.2. The average Bonchev–Trinajstić information content (AvgIpc) is 3.07. The van der Waals surface area contributed by atoms with Crippen LogP contribution in [-0.2, 0) is 11.3 Å². The fraction of sp³-hybridized carbons (Fsp3) is 0.444. The van der Waals surface area contributed by atoms with Crippen molar-refractivity contribution in [1.82, 2.24) is 20.1 Å². The molecule has 0 unspecified atom stereocenters. The summed E-state index contributed by atoms with van der Waals surface area (Å²) in [5.74, 6) is -0.630. The van der Waals surface area contributed by atoms with Crippen LogP contribution in [0.5, 0.6) is 0 Å². The Kier molecular flexibility index (Phi) is 6.34. The number of hydrogen-bond donors (Lipinski definition) is 2. The molecule has 9 heteroatoms. The maximum atomic E-state index is 14.3. The van der Waals surface area contributed by atoms with E-state index in [1.54, 1.807) is 50.8 Å². The summed E-state index contributed by atoms with van der Waals surface area (Å²) in [5.41, 5.74) is -0.0275. The lowest BCUT2D eigenvalue weighted by molar-refractivity contribution is 0.0524. The van der Waals surface area contributed by atoms with Crippen LogP contribution in [0.1, 0.15) is 32.0 Å². The molecule has 0 radical (unpaired) electrons. The number of ether oxygens (including phenoxy) is 1. The number of halogens is 1. The van der Waals surface area contributed by atoms with Crippen LogP contribution in [0.4, 0.5) is 15.0 Å². The van der Waals surface area contributed by atoms with Crippen molar-refractivity contribution in [2.75, 3.05) is 11.9 Å². The highest BCUT2D eigenvalue weighted by molar-refractivity contribution is 5.67. The number of hydrogen-bond acceptors (Lipinski definition) is 6. The molecule has 1 atom stereocenters. The first-order chi connectivity index (χ1) is 12.7. The Morgan fingerprint density at radius 1 is 1.48 bits per heavy atom. The normalized spacial score (nSPS) is 12.1. The molecular weight excluding hydrogens is 351 g/mol. The van der Waals surface area contributed by atoms with Crippen LogP contribution in [0.25, 0.3) is 0 Å². The van der Waals surface area contributed by atoms with Crippen LogP contribution in [0.2, 0.25) is 0 Å². The van der Waals surface area contributed by atoms with E-state index in [0.29, 0.717) is 12.2 Å². The van der Waals surface area contributed by atoms with Crippen molar-refractivity contribution in [1.29, 1.82) is 5.26 Å². The Bertz CT molecular complexity index is 824. The van der Waals surface area contributed by atoms with Crippen molar-refractivity contribution in [3.8, 4) is 6.07 Å². The summed E-state index contributed by atoms with van der Waals surface area (Å²) in [6, 6.07) is 4.39. The van der Waals surface area contributed by atoms with Gasteiger partial charge in [-0.2, -0.15) is 10.4 Å². The smallest absolute Gasteiger partial charge is 0.407 e. The molecule has 27 heavy (non-hydrogen) atoms. The fourth-order valence-electron chi connectivity index (χ4n) is 2.30. The van der Waals surface area contributed by atoms with Gasteiger partial charge < -0.3 is 15.4 Å². The van der Waals surface area contributed by atoms with E-state index in [1.165, 1.54) is 0 Å². The van der Waals surface area contributed by atoms with Gasteiger partial charge in [0.25, 0.3) is 0 Å². The molecule has 0 fully saturated rings. The summed E-state index contributed by atoms with van der Waals surface area (Å²) in [7, 11) is 0. The third-order valence-corrected chi connectivity index (χ3v) is 3.49. The van der Waals surface area contributed by atoms with Gasteiger partial charge in [0, 0.05) is 18.9 Å². The lowest BCUT2D eigenvalue weighted by Gasteiger charge is -2.23. The summed E-state index contributed by atoms with van der Waals surface area (Å²) in [5, 5.41) is 18.7. The average molecular weight is 374 g/mol. The summed E-state index contributed by atoms with van der Waals surface area (Å²) in [6.07, 6.45) is 2.82. The van der Waals surface area contributed by atoms with Gasteiger partial charge >= 0.3 is 6.09 Å². The van der Waals surface area contributed by atoms with Crippen molar-refractivity contribution in [2.45, 2.75) is 45.9 Å². The van der Waals surface area contributed by atoms with E-state index >= 15 is 0 Å². The van der Waals surface area contributed by atoms with E-state index < -0.39 is 23.6 Å². The molecule has 0 aliphatic heterocycles. The molecule has 0 spiro atoms. The van der Waals surface area contributed by atoms with Crippen LogP contribution in [-0.4, -0.2) is 39.0 Å². The Hall–Kier alpha value is -3.15. The molecule has 2 rings (SSSR count). The highest BCUT2D eigenvalue weighted by atomic mass is 19.1. The number of carbonyl (C=O) groups excluding carboxylic acids is 1. The van der Waals surface area contributed by atoms with E-state index in [9.17, 15) is 9.18 Å². The molecule has 0 bridgehead atoms. The highest BCUT2D eigenvalue weighted by Crippen LogP contribution is 2.16. The van der Waals surface area contributed by atoms with Gasteiger partial charge in [0.1, 0.15) is 11.7 Å². The number of carbonyl (C=O) groups is 1. The minimum atomic E-state index is -0.639. The largest absolute Gasteiger partial charge is 0.444 e. The standard InChI is InChI=1S/C18H23FN6O2/c1-12-13(9-20)8-15(19)16(23-12)24-14(11-25-7-5-6-22-25)10-21-17(26)27-18(2,3)4/h5-8,14H,10-11H2,1-4H3,(H,21,26)(H,23,24)/t14-/m0/s1. The molecule has 0 saturated heterocycles. The molecule has 2 heterocycles. The molecule has 2 aromatic rings. The number of amides is 1. The van der Waals surface area contributed by atoms with Gasteiger partial charge in [-0.3, -0.25) is 4.68 Å². The van der Waals surface area contributed by atoms with Gasteiger partial charge in [0.2, 0.25) is 0 Å². The van der Waals surface area contributed by atoms with Gasteiger partial charge in [-0.1, -0.05) is 0 Å². The quantitative estimate of drug-likeness (QED) is 0.805. The number of anilines is 1. The number of aromatic nitrogens is 3. The lowest BCUT2D eigenvalue weighted by Crippen LogP contribution is -2.41. The predicted molar refractivity (Wildman–Crippen MR) is 97.5 cm³/mol. The number of nitrogens with one attached hydrogen (secondary N) is 2. The van der Waals surface area contributed by atoms with Crippen molar-refractivity contribution >= 4 is 11.9 Å².